The van der Waals surface area contributed by atoms with Crippen LogP contribution in [0.5, 0.6) is 0 Å². The second-order valence-corrected chi connectivity index (χ2v) is 17.2. The lowest BCUT2D eigenvalue weighted by atomic mass is 9.96. The zero-order valence-electron chi connectivity index (χ0n) is 24.1. The second kappa shape index (κ2) is 13.2. The normalized spacial score (nSPS) is 19.2. The van der Waals surface area contributed by atoms with Gasteiger partial charge in [-0.2, -0.15) is 0 Å². The van der Waals surface area contributed by atoms with Gasteiger partial charge in [-0.15, -0.1) is 0 Å². The van der Waals surface area contributed by atoms with Crippen LogP contribution in [0.1, 0.15) is 102 Å². The summed E-state index contributed by atoms with van der Waals surface area (Å²) in [5, 5.41) is 1.57. The van der Waals surface area contributed by atoms with E-state index < -0.39 is 11.0 Å². The molecule has 2 aliphatic rings. The Kier molecular flexibility index (Phi) is 9.75. The average Bonchev–Trinajstić information content (AvgIpc) is 2.97. The number of hydrogen-bond acceptors (Lipinski definition) is 1. The van der Waals surface area contributed by atoms with Gasteiger partial charge >= 0.3 is 0 Å². The molecule has 0 unspecified atom stereocenters. The molecule has 39 heavy (non-hydrogen) atoms. The molecule has 3 aromatic rings. The van der Waals surface area contributed by atoms with Gasteiger partial charge in [0.05, 0.1) is 21.8 Å². The average molecular weight is 560 g/mol. The minimum Gasteiger partial charge on any atom is -0.242 e. The maximum absolute atomic E-state index is 13.6. The highest BCUT2D eigenvalue weighted by atomic mass is 32.2. The van der Waals surface area contributed by atoms with E-state index in [2.05, 4.69) is 104 Å². The van der Waals surface area contributed by atoms with Gasteiger partial charge in [0, 0.05) is 0 Å². The fourth-order valence-corrected chi connectivity index (χ4v) is 11.3. The van der Waals surface area contributed by atoms with Crippen molar-refractivity contribution in [1.82, 2.24) is 4.72 Å². The maximum atomic E-state index is 13.6. The Balaban J connectivity index is 1.57. The summed E-state index contributed by atoms with van der Waals surface area (Å²) in [6, 6.07) is 28.7. The van der Waals surface area contributed by atoms with E-state index in [0.717, 1.165) is 11.3 Å². The van der Waals surface area contributed by atoms with Crippen LogP contribution in [0, 0.1) is 0 Å². The van der Waals surface area contributed by atoms with Gasteiger partial charge in [-0.05, 0) is 85.3 Å². The Morgan fingerprint density at radius 1 is 0.692 bits per heavy atom. The van der Waals surface area contributed by atoms with Gasteiger partial charge in [0.15, 0.2) is 0 Å². The standard InChI is InChI=1S/C35H46NOPS/c1-35(2,3)39(37)36-34(29-25-23-28(24-26-29)27-15-7-4-8-16-27)32-21-13-14-22-33(32)38(30-17-9-5-10-18-30)31-19-11-6-12-20-31/h4,7-8,13-16,21-26,30-31,34,36H,5-6,9-12,17-20H2,1-3H3/t34-,39-/m0/s1. The van der Waals surface area contributed by atoms with Gasteiger partial charge in [-0.3, -0.25) is 0 Å². The first-order chi connectivity index (χ1) is 18.9. The third-order valence-corrected chi connectivity index (χ3v) is 13.7. The van der Waals surface area contributed by atoms with Crippen molar-refractivity contribution in [3.8, 4) is 11.1 Å². The Morgan fingerprint density at radius 3 is 1.77 bits per heavy atom. The first-order valence-electron chi connectivity index (χ1n) is 15.1. The van der Waals surface area contributed by atoms with Crippen LogP contribution in [-0.2, 0) is 11.0 Å². The lowest BCUT2D eigenvalue weighted by molar-refractivity contribution is 0.487. The van der Waals surface area contributed by atoms with Crippen molar-refractivity contribution in [3.05, 3.63) is 90.0 Å². The Hall–Kier alpha value is -1.80. The predicted octanol–water partition coefficient (Wildman–Crippen LogP) is 9.27. The largest absolute Gasteiger partial charge is 0.242 e. The van der Waals surface area contributed by atoms with Crippen LogP contribution in [0.25, 0.3) is 11.1 Å². The number of nitrogens with one attached hydrogen (secondary N) is 1. The van der Waals surface area contributed by atoms with E-state index in [4.69, 9.17) is 0 Å². The summed E-state index contributed by atoms with van der Waals surface area (Å²) in [7, 11) is -1.45. The van der Waals surface area contributed by atoms with Crippen LogP contribution in [0.4, 0.5) is 0 Å². The molecule has 208 valence electrons. The van der Waals surface area contributed by atoms with Crippen LogP contribution in [0.15, 0.2) is 78.9 Å². The van der Waals surface area contributed by atoms with Crippen molar-refractivity contribution in [2.45, 2.75) is 107 Å². The molecule has 0 heterocycles. The molecule has 2 saturated carbocycles. The molecule has 5 rings (SSSR count). The summed E-state index contributed by atoms with van der Waals surface area (Å²) in [6.07, 6.45) is 13.9. The summed E-state index contributed by atoms with van der Waals surface area (Å²) >= 11 is 0. The van der Waals surface area contributed by atoms with Crippen molar-refractivity contribution in [2.75, 3.05) is 0 Å². The van der Waals surface area contributed by atoms with Gasteiger partial charge in [0.2, 0.25) is 0 Å². The summed E-state index contributed by atoms with van der Waals surface area (Å²) in [6.45, 7) is 6.19. The van der Waals surface area contributed by atoms with Crippen molar-refractivity contribution in [3.63, 3.8) is 0 Å². The molecule has 0 radical (unpaired) electrons. The minimum atomic E-state index is -1.18. The molecule has 0 amide bonds. The van der Waals surface area contributed by atoms with E-state index in [-0.39, 0.29) is 18.7 Å². The van der Waals surface area contributed by atoms with Crippen LogP contribution in [0.3, 0.4) is 0 Å². The van der Waals surface area contributed by atoms with Gasteiger partial charge in [0.25, 0.3) is 0 Å². The molecule has 0 spiro atoms. The van der Waals surface area contributed by atoms with E-state index >= 15 is 0 Å². The van der Waals surface area contributed by atoms with E-state index in [1.54, 1.807) is 5.30 Å². The Morgan fingerprint density at radius 2 is 1.21 bits per heavy atom. The summed E-state index contributed by atoms with van der Waals surface area (Å²) in [5.41, 5.74) is 6.64. The Labute approximate surface area is 240 Å². The first-order valence-corrected chi connectivity index (χ1v) is 17.8. The smallest absolute Gasteiger partial charge is 0.0979 e. The van der Waals surface area contributed by atoms with Crippen LogP contribution < -0.4 is 10.0 Å². The fraction of sp³-hybridized carbons (Fsp3) is 0.486. The third kappa shape index (κ3) is 7.10. The molecule has 2 aliphatic carbocycles. The second-order valence-electron chi connectivity index (χ2n) is 12.5. The summed E-state index contributed by atoms with van der Waals surface area (Å²) in [5.74, 6) is 0. The van der Waals surface area contributed by atoms with E-state index in [0.29, 0.717) is 0 Å². The molecule has 0 aliphatic heterocycles. The van der Waals surface area contributed by atoms with E-state index in [1.165, 1.54) is 86.5 Å². The van der Waals surface area contributed by atoms with Gasteiger partial charge in [-0.1, -0.05) is 125 Å². The third-order valence-electron chi connectivity index (χ3n) is 8.59. The Bertz CT molecular complexity index is 1190. The molecule has 3 aromatic carbocycles. The highest BCUT2D eigenvalue weighted by Gasteiger charge is 2.35. The number of rotatable bonds is 8. The molecule has 0 bridgehead atoms. The van der Waals surface area contributed by atoms with Crippen LogP contribution in [0.2, 0.25) is 0 Å². The molecule has 4 heteroatoms. The zero-order valence-corrected chi connectivity index (χ0v) is 25.8. The van der Waals surface area contributed by atoms with Crippen LogP contribution >= 0.6 is 7.92 Å². The molecular formula is C35H46NOPS. The lowest BCUT2D eigenvalue weighted by Crippen LogP contribution is -2.38. The molecule has 2 fully saturated rings. The predicted molar refractivity (Wildman–Crippen MR) is 171 cm³/mol. The molecule has 2 nitrogen and oxygen atoms in total. The van der Waals surface area contributed by atoms with Crippen molar-refractivity contribution in [2.24, 2.45) is 0 Å². The fourth-order valence-electron chi connectivity index (χ4n) is 6.47. The van der Waals surface area contributed by atoms with Crippen molar-refractivity contribution >= 4 is 24.2 Å². The zero-order chi connectivity index (χ0) is 27.2. The molecule has 0 aromatic heterocycles. The number of benzene rings is 3. The molecular weight excluding hydrogens is 513 g/mol. The van der Waals surface area contributed by atoms with Gasteiger partial charge in [0.1, 0.15) is 0 Å². The minimum absolute atomic E-state index is 0.0942. The van der Waals surface area contributed by atoms with Gasteiger partial charge < -0.3 is 0 Å². The van der Waals surface area contributed by atoms with E-state index in [1.807, 2.05) is 0 Å². The number of hydrogen-bond donors (Lipinski definition) is 1. The highest BCUT2D eigenvalue weighted by Crippen LogP contribution is 2.56. The monoisotopic (exact) mass is 559 g/mol. The summed E-state index contributed by atoms with van der Waals surface area (Å²) < 4.78 is 16.9. The summed E-state index contributed by atoms with van der Waals surface area (Å²) in [4.78, 5) is 0. The molecule has 2 atom stereocenters. The molecule has 0 saturated heterocycles. The first kappa shape index (κ1) is 28.7. The van der Waals surface area contributed by atoms with E-state index in [9.17, 15) is 4.21 Å². The van der Waals surface area contributed by atoms with Crippen molar-refractivity contribution in [1.29, 1.82) is 0 Å². The van der Waals surface area contributed by atoms with Gasteiger partial charge in [-0.25, -0.2) is 8.93 Å². The van der Waals surface area contributed by atoms with Crippen molar-refractivity contribution < 1.29 is 4.21 Å². The lowest BCUT2D eigenvalue weighted by Gasteiger charge is -2.40. The highest BCUT2D eigenvalue weighted by molar-refractivity contribution is 7.84. The van der Waals surface area contributed by atoms with Crippen LogP contribution in [-0.4, -0.2) is 20.3 Å². The quantitative estimate of drug-likeness (QED) is 0.274. The maximum Gasteiger partial charge on any atom is 0.0979 e. The SMILES string of the molecule is CC(C)(C)[S@](=O)N[C@@H](c1ccc(-c2ccccc2)cc1)c1ccccc1P(C1CCCCC1)C1CCCCC1. The molecule has 1 N–H and O–H groups in total. The topological polar surface area (TPSA) is 29.1 Å².